The molecule has 2 heterocycles. The molecule has 0 saturated heterocycles. The first-order valence-electron chi connectivity index (χ1n) is 10.2. The average molecular weight is 397 g/mol. The van der Waals surface area contributed by atoms with Gasteiger partial charge in [-0.1, -0.05) is 39.0 Å². The minimum atomic E-state index is -0.187. The van der Waals surface area contributed by atoms with Crippen molar-refractivity contribution in [2.45, 2.75) is 40.0 Å². The molecule has 150 valence electrons. The number of rotatable bonds is 1. The van der Waals surface area contributed by atoms with E-state index in [1.54, 1.807) is 6.07 Å². The Hall–Kier alpha value is -3.20. The highest BCUT2D eigenvalue weighted by molar-refractivity contribution is 6.11. The first kappa shape index (κ1) is 18.8. The Labute approximate surface area is 175 Å². The van der Waals surface area contributed by atoms with E-state index < -0.39 is 0 Å². The van der Waals surface area contributed by atoms with Crippen LogP contribution in [0.4, 0.5) is 4.39 Å². The van der Waals surface area contributed by atoms with Gasteiger partial charge in [-0.15, -0.1) is 0 Å². The van der Waals surface area contributed by atoms with Crippen LogP contribution < -0.4 is 0 Å². The minimum absolute atomic E-state index is 0.0396. The van der Waals surface area contributed by atoms with E-state index >= 15 is 0 Å². The number of nitrogens with zero attached hydrogens (tertiary/aromatic N) is 1. The van der Waals surface area contributed by atoms with Gasteiger partial charge in [-0.25, -0.2) is 4.39 Å². The molecule has 0 amide bonds. The highest BCUT2D eigenvalue weighted by Crippen LogP contribution is 2.38. The molecule has 5 rings (SSSR count). The quantitative estimate of drug-likeness (QED) is 0.269. The van der Waals surface area contributed by atoms with E-state index in [1.807, 2.05) is 44.3 Å². The number of benzene rings is 3. The Morgan fingerprint density at radius 2 is 1.57 bits per heavy atom. The lowest BCUT2D eigenvalue weighted by Gasteiger charge is -2.21. The zero-order chi connectivity index (χ0) is 21.2. The molecule has 0 atom stereocenters. The fraction of sp³-hybridized carbons (Fsp3) is 0.222. The van der Waals surface area contributed by atoms with Crippen molar-refractivity contribution in [2.75, 3.05) is 0 Å². The standard InChI is InChI=1S/C27H24FNO/c1-15-10-21-18-8-9-29-26(20(18)7-6-19(21)24(28)11-15)17-13-23(27(3,4)5)22-12-16(2)30-25(22)14-17/h6-14H,1-5H3. The normalized spacial score (nSPS) is 12.3. The van der Waals surface area contributed by atoms with Gasteiger partial charge in [-0.2, -0.15) is 0 Å². The van der Waals surface area contributed by atoms with E-state index in [1.165, 1.54) is 5.56 Å². The summed E-state index contributed by atoms with van der Waals surface area (Å²) >= 11 is 0. The van der Waals surface area contributed by atoms with Crippen molar-refractivity contribution in [3.8, 4) is 11.3 Å². The summed E-state index contributed by atoms with van der Waals surface area (Å²) in [6.45, 7) is 10.5. The highest BCUT2D eigenvalue weighted by Gasteiger charge is 2.21. The van der Waals surface area contributed by atoms with Gasteiger partial charge in [-0.05, 0) is 71.5 Å². The zero-order valence-corrected chi connectivity index (χ0v) is 17.9. The lowest BCUT2D eigenvalue weighted by molar-refractivity contribution is 0.575. The molecule has 0 unspecified atom stereocenters. The maximum Gasteiger partial charge on any atom is 0.135 e. The number of aryl methyl sites for hydroxylation is 2. The van der Waals surface area contributed by atoms with Gasteiger partial charge in [-0.3, -0.25) is 4.98 Å². The van der Waals surface area contributed by atoms with Crippen molar-refractivity contribution >= 4 is 32.5 Å². The largest absolute Gasteiger partial charge is 0.461 e. The van der Waals surface area contributed by atoms with Crippen molar-refractivity contribution in [3.63, 3.8) is 0 Å². The summed E-state index contributed by atoms with van der Waals surface area (Å²) in [6, 6.07) is 15.8. The predicted octanol–water partition coefficient (Wildman–Crippen LogP) is 7.85. The number of pyridine rings is 1. The van der Waals surface area contributed by atoms with Crippen molar-refractivity contribution < 1.29 is 8.81 Å². The Balaban J connectivity index is 1.86. The molecule has 0 radical (unpaired) electrons. The molecule has 30 heavy (non-hydrogen) atoms. The third-order valence-corrected chi connectivity index (χ3v) is 5.81. The summed E-state index contributed by atoms with van der Waals surface area (Å²) in [7, 11) is 0. The van der Waals surface area contributed by atoms with Gasteiger partial charge in [0.2, 0.25) is 0 Å². The number of hydrogen-bond donors (Lipinski definition) is 0. The van der Waals surface area contributed by atoms with Crippen molar-refractivity contribution in [2.24, 2.45) is 0 Å². The third kappa shape index (κ3) is 2.88. The summed E-state index contributed by atoms with van der Waals surface area (Å²) in [6.07, 6.45) is 1.81. The number of hydrogen-bond acceptors (Lipinski definition) is 2. The topological polar surface area (TPSA) is 26.0 Å². The van der Waals surface area contributed by atoms with Gasteiger partial charge in [0, 0.05) is 27.9 Å². The lowest BCUT2D eigenvalue weighted by Crippen LogP contribution is -2.11. The van der Waals surface area contributed by atoms with Crippen LogP contribution in [0.15, 0.2) is 59.1 Å². The summed E-state index contributed by atoms with van der Waals surface area (Å²) in [5, 5.41) is 4.72. The van der Waals surface area contributed by atoms with Crippen LogP contribution in [-0.4, -0.2) is 4.98 Å². The Morgan fingerprint density at radius 3 is 2.33 bits per heavy atom. The molecule has 2 nitrogen and oxygen atoms in total. The smallest absolute Gasteiger partial charge is 0.135 e. The molecule has 3 aromatic carbocycles. The summed E-state index contributed by atoms with van der Waals surface area (Å²) in [5.74, 6) is 0.711. The first-order valence-corrected chi connectivity index (χ1v) is 10.2. The summed E-state index contributed by atoms with van der Waals surface area (Å²) < 4.78 is 20.5. The van der Waals surface area contributed by atoms with Crippen molar-refractivity contribution in [1.82, 2.24) is 4.98 Å². The fourth-order valence-electron chi connectivity index (χ4n) is 4.44. The van der Waals surface area contributed by atoms with Crippen LogP contribution in [0, 0.1) is 19.7 Å². The molecule has 0 fully saturated rings. The van der Waals surface area contributed by atoms with Crippen LogP contribution >= 0.6 is 0 Å². The Bertz CT molecular complexity index is 1450. The molecule has 2 aromatic heterocycles. The molecular weight excluding hydrogens is 373 g/mol. The van der Waals surface area contributed by atoms with Crippen LogP contribution in [0.25, 0.3) is 43.8 Å². The minimum Gasteiger partial charge on any atom is -0.461 e. The molecule has 5 aromatic rings. The summed E-state index contributed by atoms with van der Waals surface area (Å²) in [5.41, 5.74) is 4.87. The van der Waals surface area contributed by atoms with Gasteiger partial charge >= 0.3 is 0 Å². The van der Waals surface area contributed by atoms with Crippen LogP contribution in [0.2, 0.25) is 0 Å². The van der Waals surface area contributed by atoms with E-state index in [0.717, 1.165) is 49.7 Å². The van der Waals surface area contributed by atoms with Crippen LogP contribution in [0.5, 0.6) is 0 Å². The third-order valence-electron chi connectivity index (χ3n) is 5.81. The SMILES string of the molecule is Cc1cc(F)c2ccc3c(-c4cc(C(C)(C)C)c5cc(C)oc5c4)nccc3c2c1. The van der Waals surface area contributed by atoms with Gasteiger partial charge in [0.05, 0.1) is 5.69 Å². The molecule has 0 aliphatic heterocycles. The van der Waals surface area contributed by atoms with Crippen LogP contribution in [-0.2, 0) is 5.41 Å². The van der Waals surface area contributed by atoms with Gasteiger partial charge in [0.1, 0.15) is 17.2 Å². The van der Waals surface area contributed by atoms with Crippen molar-refractivity contribution in [1.29, 1.82) is 0 Å². The fourth-order valence-corrected chi connectivity index (χ4v) is 4.44. The van der Waals surface area contributed by atoms with Gasteiger partial charge in [0.25, 0.3) is 0 Å². The molecule has 0 spiro atoms. The average Bonchev–Trinajstić information content (AvgIpc) is 3.05. The van der Waals surface area contributed by atoms with E-state index in [2.05, 4.69) is 39.0 Å². The number of halogens is 1. The number of fused-ring (bicyclic) bond motifs is 4. The highest BCUT2D eigenvalue weighted by atomic mass is 19.1. The molecular formula is C27H24FNO. The number of furan rings is 1. The maximum absolute atomic E-state index is 14.5. The van der Waals surface area contributed by atoms with Gasteiger partial charge in [0.15, 0.2) is 0 Å². The first-order chi connectivity index (χ1) is 14.2. The maximum atomic E-state index is 14.5. The Kier molecular flexibility index (Phi) is 4.01. The Morgan fingerprint density at radius 1 is 0.800 bits per heavy atom. The second kappa shape index (κ2) is 6.40. The van der Waals surface area contributed by atoms with E-state index in [-0.39, 0.29) is 11.2 Å². The van der Waals surface area contributed by atoms with E-state index in [9.17, 15) is 4.39 Å². The monoisotopic (exact) mass is 397 g/mol. The number of aromatic nitrogens is 1. The van der Waals surface area contributed by atoms with Crippen LogP contribution in [0.1, 0.15) is 37.7 Å². The van der Waals surface area contributed by atoms with Crippen molar-refractivity contribution in [3.05, 3.63) is 77.4 Å². The molecule has 0 N–H and O–H groups in total. The molecule has 3 heteroatoms. The molecule has 0 bridgehead atoms. The second-order valence-corrected chi connectivity index (χ2v) is 9.20. The second-order valence-electron chi connectivity index (χ2n) is 9.20. The van der Waals surface area contributed by atoms with E-state index in [4.69, 9.17) is 9.40 Å². The van der Waals surface area contributed by atoms with E-state index in [0.29, 0.717) is 5.39 Å². The molecule has 0 aliphatic carbocycles. The summed E-state index contributed by atoms with van der Waals surface area (Å²) in [4.78, 5) is 4.73. The van der Waals surface area contributed by atoms with Crippen LogP contribution in [0.3, 0.4) is 0 Å². The predicted molar refractivity (Wildman–Crippen MR) is 123 cm³/mol. The van der Waals surface area contributed by atoms with Gasteiger partial charge < -0.3 is 4.42 Å². The lowest BCUT2D eigenvalue weighted by atomic mass is 9.83. The molecule has 0 saturated carbocycles. The molecule has 0 aliphatic rings. The zero-order valence-electron chi connectivity index (χ0n) is 17.9.